The van der Waals surface area contributed by atoms with Gasteiger partial charge >= 0.3 is 0 Å². The molecule has 132 valence electrons. The van der Waals surface area contributed by atoms with Crippen molar-refractivity contribution in [3.05, 3.63) is 53.1 Å². The van der Waals surface area contributed by atoms with E-state index in [1.165, 1.54) is 0 Å². The fourth-order valence-electron chi connectivity index (χ4n) is 2.15. The number of ether oxygens (including phenoxy) is 1. The lowest BCUT2D eigenvalue weighted by molar-refractivity contribution is -0.122. The summed E-state index contributed by atoms with van der Waals surface area (Å²) in [5.41, 5.74) is 2.10. The first-order valence-electron chi connectivity index (χ1n) is 8.03. The Balaban J connectivity index is 2.05. The highest BCUT2D eigenvalue weighted by Gasteiger charge is 2.16. The van der Waals surface area contributed by atoms with Gasteiger partial charge in [-0.15, -0.1) is 0 Å². The van der Waals surface area contributed by atoms with E-state index in [0.29, 0.717) is 28.6 Å². The molecule has 5 nitrogen and oxygen atoms in total. The number of hydrogen-bond acceptors (Lipinski definition) is 3. The van der Waals surface area contributed by atoms with E-state index in [1.807, 2.05) is 6.92 Å². The van der Waals surface area contributed by atoms with Gasteiger partial charge in [0.15, 0.2) is 6.10 Å². The lowest BCUT2D eigenvalue weighted by Gasteiger charge is -2.17. The van der Waals surface area contributed by atoms with Crippen LogP contribution < -0.4 is 15.4 Å². The first-order valence-corrected chi connectivity index (χ1v) is 8.41. The van der Waals surface area contributed by atoms with Crippen molar-refractivity contribution in [1.82, 2.24) is 0 Å². The molecular formula is C19H21ClN2O3. The maximum Gasteiger partial charge on any atom is 0.265 e. The van der Waals surface area contributed by atoms with Crippen molar-refractivity contribution < 1.29 is 14.3 Å². The van der Waals surface area contributed by atoms with Crippen LogP contribution in [0.2, 0.25) is 5.02 Å². The van der Waals surface area contributed by atoms with Gasteiger partial charge in [0.05, 0.1) is 0 Å². The molecule has 6 heteroatoms. The Hall–Kier alpha value is -2.53. The average molecular weight is 361 g/mol. The SMILES string of the molecule is CCC(=O)Nc1cccc(NC(=O)C(C)Oc2ccc(Cl)cc2)c1C. The zero-order chi connectivity index (χ0) is 18.4. The normalized spacial score (nSPS) is 11.5. The second-order valence-electron chi connectivity index (χ2n) is 5.58. The van der Waals surface area contributed by atoms with Gasteiger partial charge in [-0.2, -0.15) is 0 Å². The lowest BCUT2D eigenvalue weighted by Crippen LogP contribution is -2.30. The van der Waals surface area contributed by atoms with E-state index in [2.05, 4.69) is 10.6 Å². The van der Waals surface area contributed by atoms with Crippen molar-refractivity contribution in [3.63, 3.8) is 0 Å². The Morgan fingerprint density at radius 2 is 1.68 bits per heavy atom. The third kappa shape index (κ3) is 5.22. The Bertz CT molecular complexity index is 760. The van der Waals surface area contributed by atoms with Crippen molar-refractivity contribution >= 4 is 34.8 Å². The smallest absolute Gasteiger partial charge is 0.265 e. The van der Waals surface area contributed by atoms with E-state index in [0.717, 1.165) is 5.56 Å². The Morgan fingerprint density at radius 1 is 1.08 bits per heavy atom. The summed E-state index contributed by atoms with van der Waals surface area (Å²) in [5.74, 6) is 0.204. The van der Waals surface area contributed by atoms with E-state index in [4.69, 9.17) is 16.3 Å². The number of amides is 2. The molecule has 0 fully saturated rings. The molecule has 2 N–H and O–H groups in total. The van der Waals surface area contributed by atoms with Crippen molar-refractivity contribution in [2.45, 2.75) is 33.3 Å². The lowest BCUT2D eigenvalue weighted by atomic mass is 10.1. The van der Waals surface area contributed by atoms with Crippen LogP contribution in [-0.4, -0.2) is 17.9 Å². The maximum atomic E-state index is 12.4. The van der Waals surface area contributed by atoms with Crippen LogP contribution in [0.5, 0.6) is 5.75 Å². The first-order chi connectivity index (χ1) is 11.9. The summed E-state index contributed by atoms with van der Waals surface area (Å²) in [6.45, 7) is 5.29. The third-order valence-electron chi connectivity index (χ3n) is 3.68. The van der Waals surface area contributed by atoms with Crippen molar-refractivity contribution in [2.75, 3.05) is 10.6 Å². The van der Waals surface area contributed by atoms with Gasteiger partial charge < -0.3 is 15.4 Å². The van der Waals surface area contributed by atoms with Gasteiger partial charge in [0.1, 0.15) is 5.75 Å². The van der Waals surface area contributed by atoms with Crippen LogP contribution in [0.4, 0.5) is 11.4 Å². The molecule has 0 aliphatic heterocycles. The summed E-state index contributed by atoms with van der Waals surface area (Å²) in [4.78, 5) is 24.0. The molecular weight excluding hydrogens is 340 g/mol. The van der Waals surface area contributed by atoms with E-state index in [9.17, 15) is 9.59 Å². The highest BCUT2D eigenvalue weighted by atomic mass is 35.5. The highest BCUT2D eigenvalue weighted by molar-refractivity contribution is 6.30. The summed E-state index contributed by atoms with van der Waals surface area (Å²) in [7, 11) is 0. The fourth-order valence-corrected chi connectivity index (χ4v) is 2.28. The number of benzene rings is 2. The first kappa shape index (κ1) is 18.8. The number of carbonyl (C=O) groups excluding carboxylic acids is 2. The third-order valence-corrected chi connectivity index (χ3v) is 3.93. The van der Waals surface area contributed by atoms with Crippen LogP contribution in [0.15, 0.2) is 42.5 Å². The predicted molar refractivity (Wildman–Crippen MR) is 100 cm³/mol. The molecule has 0 aliphatic carbocycles. The number of hydrogen-bond donors (Lipinski definition) is 2. The average Bonchev–Trinajstić information content (AvgIpc) is 2.60. The Morgan fingerprint density at radius 3 is 2.28 bits per heavy atom. The van der Waals surface area contributed by atoms with Crippen LogP contribution in [0, 0.1) is 6.92 Å². The van der Waals surface area contributed by atoms with Crippen LogP contribution in [-0.2, 0) is 9.59 Å². The summed E-state index contributed by atoms with van der Waals surface area (Å²) >= 11 is 5.83. The highest BCUT2D eigenvalue weighted by Crippen LogP contribution is 2.24. The number of halogens is 1. The second kappa shape index (κ2) is 8.53. The maximum absolute atomic E-state index is 12.4. The summed E-state index contributed by atoms with van der Waals surface area (Å²) in [6, 6.07) is 12.2. The van der Waals surface area contributed by atoms with Gasteiger partial charge in [-0.25, -0.2) is 0 Å². The monoisotopic (exact) mass is 360 g/mol. The molecule has 0 saturated heterocycles. The summed E-state index contributed by atoms with van der Waals surface area (Å²) in [6.07, 6.45) is -0.295. The fraction of sp³-hybridized carbons (Fsp3) is 0.263. The second-order valence-corrected chi connectivity index (χ2v) is 6.02. The van der Waals surface area contributed by atoms with E-state index >= 15 is 0 Å². The minimum atomic E-state index is -0.686. The zero-order valence-corrected chi connectivity index (χ0v) is 15.2. The van der Waals surface area contributed by atoms with E-state index in [1.54, 1.807) is 56.3 Å². The minimum Gasteiger partial charge on any atom is -0.481 e. The molecule has 0 radical (unpaired) electrons. The molecule has 25 heavy (non-hydrogen) atoms. The van der Waals surface area contributed by atoms with Gasteiger partial charge in [-0.05, 0) is 55.8 Å². The van der Waals surface area contributed by atoms with Gasteiger partial charge in [0, 0.05) is 22.8 Å². The van der Waals surface area contributed by atoms with Crippen LogP contribution >= 0.6 is 11.6 Å². The van der Waals surface area contributed by atoms with Gasteiger partial charge in [-0.1, -0.05) is 24.6 Å². The standard InChI is InChI=1S/C19H21ClN2O3/c1-4-18(23)21-16-6-5-7-17(12(16)2)22-19(24)13(3)25-15-10-8-14(20)9-11-15/h5-11,13H,4H2,1-3H3,(H,21,23)(H,22,24). The molecule has 0 saturated carbocycles. The number of anilines is 2. The van der Waals surface area contributed by atoms with Gasteiger partial charge in [0.2, 0.25) is 5.91 Å². The molecule has 0 aromatic heterocycles. The number of rotatable bonds is 6. The van der Waals surface area contributed by atoms with Gasteiger partial charge in [-0.3, -0.25) is 9.59 Å². The molecule has 2 aromatic carbocycles. The predicted octanol–water partition coefficient (Wildman–Crippen LogP) is 4.40. The molecule has 0 aliphatic rings. The topological polar surface area (TPSA) is 67.4 Å². The molecule has 0 spiro atoms. The molecule has 0 bridgehead atoms. The van der Waals surface area contributed by atoms with Gasteiger partial charge in [0.25, 0.3) is 5.91 Å². The van der Waals surface area contributed by atoms with Crippen molar-refractivity contribution in [2.24, 2.45) is 0 Å². The van der Waals surface area contributed by atoms with Crippen LogP contribution in [0.1, 0.15) is 25.8 Å². The van der Waals surface area contributed by atoms with Crippen molar-refractivity contribution in [3.8, 4) is 5.75 Å². The Kier molecular flexibility index (Phi) is 6.42. The van der Waals surface area contributed by atoms with E-state index < -0.39 is 6.10 Å². The molecule has 0 heterocycles. The Labute approximate surface area is 152 Å². The molecule has 2 rings (SSSR count). The number of nitrogens with one attached hydrogen (secondary N) is 2. The number of carbonyl (C=O) groups is 2. The summed E-state index contributed by atoms with van der Waals surface area (Å²) in [5, 5.41) is 6.25. The van der Waals surface area contributed by atoms with Crippen LogP contribution in [0.3, 0.4) is 0 Å². The van der Waals surface area contributed by atoms with Crippen LogP contribution in [0.25, 0.3) is 0 Å². The zero-order valence-electron chi connectivity index (χ0n) is 14.4. The quantitative estimate of drug-likeness (QED) is 0.802. The minimum absolute atomic E-state index is 0.0778. The molecule has 2 aromatic rings. The molecule has 2 amide bonds. The van der Waals surface area contributed by atoms with Crippen molar-refractivity contribution in [1.29, 1.82) is 0 Å². The van der Waals surface area contributed by atoms with E-state index in [-0.39, 0.29) is 11.8 Å². The summed E-state index contributed by atoms with van der Waals surface area (Å²) < 4.78 is 5.61. The largest absolute Gasteiger partial charge is 0.481 e. The molecule has 1 atom stereocenters. The molecule has 1 unspecified atom stereocenters.